The summed E-state index contributed by atoms with van der Waals surface area (Å²) in [5, 5.41) is 0. The van der Waals surface area contributed by atoms with Gasteiger partial charge in [0.05, 0.1) is 0 Å². The number of nitrogens with zero attached hydrogens (tertiary/aromatic N) is 1. The highest BCUT2D eigenvalue weighted by molar-refractivity contribution is 6.27. The van der Waals surface area contributed by atoms with Crippen LogP contribution in [0.1, 0.15) is 32.1 Å². The summed E-state index contributed by atoms with van der Waals surface area (Å²) >= 11 is 5.46. The minimum absolute atomic E-state index is 0.0167. The largest absolute Gasteiger partial charge is 0.344 e. The molecular weight excluding hydrogens is 198 g/mol. The van der Waals surface area contributed by atoms with Gasteiger partial charge in [-0.1, -0.05) is 11.6 Å². The molecule has 1 amide bonds. The number of alkyl halides is 1. The monoisotopic (exact) mass is 215 g/mol. The van der Waals surface area contributed by atoms with Crippen molar-refractivity contribution < 1.29 is 4.79 Å². The van der Waals surface area contributed by atoms with Crippen LogP contribution in [0.5, 0.6) is 0 Å². The molecular formula is C11H18ClNO. The Morgan fingerprint density at radius 1 is 1.57 bits per heavy atom. The fourth-order valence-electron chi connectivity index (χ4n) is 1.67. The second-order valence-corrected chi connectivity index (χ2v) is 4.07. The van der Waals surface area contributed by atoms with E-state index in [9.17, 15) is 4.79 Å². The van der Waals surface area contributed by atoms with Crippen molar-refractivity contribution >= 4 is 17.5 Å². The zero-order chi connectivity index (χ0) is 10.4. The molecule has 0 aromatic heterocycles. The maximum absolute atomic E-state index is 11.2. The van der Waals surface area contributed by atoms with Crippen LogP contribution in [0.15, 0.2) is 11.6 Å². The highest BCUT2D eigenvalue weighted by Crippen LogP contribution is 2.19. The Hall–Kier alpha value is -0.500. The highest BCUT2D eigenvalue weighted by Gasteiger charge is 2.08. The lowest BCUT2D eigenvalue weighted by Crippen LogP contribution is -2.28. The molecule has 0 N–H and O–H groups in total. The van der Waals surface area contributed by atoms with E-state index >= 15 is 0 Å². The highest BCUT2D eigenvalue weighted by atomic mass is 35.5. The first-order chi connectivity index (χ1) is 6.74. The van der Waals surface area contributed by atoms with Crippen molar-refractivity contribution in [1.82, 2.24) is 4.90 Å². The van der Waals surface area contributed by atoms with Gasteiger partial charge >= 0.3 is 0 Å². The number of rotatable bonds is 4. The molecule has 0 bridgehead atoms. The lowest BCUT2D eigenvalue weighted by molar-refractivity contribution is -0.127. The third-order valence-electron chi connectivity index (χ3n) is 2.69. The Morgan fingerprint density at radius 2 is 2.36 bits per heavy atom. The molecule has 0 unspecified atom stereocenters. The summed E-state index contributed by atoms with van der Waals surface area (Å²) < 4.78 is 0. The molecule has 0 fully saturated rings. The van der Waals surface area contributed by atoms with Gasteiger partial charge in [0.1, 0.15) is 5.88 Å². The number of allylic oxidation sites excluding steroid dienone is 1. The summed E-state index contributed by atoms with van der Waals surface area (Å²) in [6.07, 6.45) is 8.38. The average molecular weight is 216 g/mol. The van der Waals surface area contributed by atoms with E-state index in [1.54, 1.807) is 4.90 Å². The molecule has 0 aromatic rings. The molecule has 80 valence electrons. The summed E-state index contributed by atoms with van der Waals surface area (Å²) in [5.41, 5.74) is 1.51. The summed E-state index contributed by atoms with van der Waals surface area (Å²) in [7, 11) is 1.81. The van der Waals surface area contributed by atoms with E-state index in [4.69, 9.17) is 11.6 Å². The molecule has 0 saturated heterocycles. The lowest BCUT2D eigenvalue weighted by atomic mass is 9.97. The van der Waals surface area contributed by atoms with Crippen LogP contribution in [0.3, 0.4) is 0 Å². The Balaban J connectivity index is 2.25. The van der Waals surface area contributed by atoms with Gasteiger partial charge < -0.3 is 4.90 Å². The first-order valence-electron chi connectivity index (χ1n) is 5.22. The molecule has 0 radical (unpaired) electrons. The van der Waals surface area contributed by atoms with Crippen molar-refractivity contribution in [3.8, 4) is 0 Å². The van der Waals surface area contributed by atoms with Gasteiger partial charge in [-0.05, 0) is 32.1 Å². The Labute approximate surface area is 90.9 Å². The third-order valence-corrected chi connectivity index (χ3v) is 2.92. The first-order valence-corrected chi connectivity index (χ1v) is 5.75. The fourth-order valence-corrected chi connectivity index (χ4v) is 1.87. The molecule has 0 heterocycles. The van der Waals surface area contributed by atoms with Crippen LogP contribution in [-0.2, 0) is 4.79 Å². The van der Waals surface area contributed by atoms with Crippen LogP contribution in [0, 0.1) is 0 Å². The number of halogens is 1. The van der Waals surface area contributed by atoms with Gasteiger partial charge in [-0.3, -0.25) is 4.79 Å². The van der Waals surface area contributed by atoms with Gasteiger partial charge in [-0.25, -0.2) is 0 Å². The van der Waals surface area contributed by atoms with Crippen molar-refractivity contribution in [2.75, 3.05) is 19.5 Å². The smallest absolute Gasteiger partial charge is 0.237 e. The normalized spacial score (nSPS) is 16.3. The van der Waals surface area contributed by atoms with Crippen LogP contribution >= 0.6 is 11.6 Å². The third kappa shape index (κ3) is 3.70. The molecule has 1 aliphatic carbocycles. The quantitative estimate of drug-likeness (QED) is 0.522. The SMILES string of the molecule is CN(CCC1=CCCCC1)C(=O)CCl. The first kappa shape index (κ1) is 11.6. The minimum atomic E-state index is 0.0167. The van der Waals surface area contributed by atoms with Crippen LogP contribution in [0.2, 0.25) is 0 Å². The Kier molecular flexibility index (Phi) is 5.02. The summed E-state index contributed by atoms with van der Waals surface area (Å²) in [4.78, 5) is 12.9. The molecule has 1 rings (SSSR count). The standard InChI is InChI=1S/C11H18ClNO/c1-13(11(14)9-12)8-7-10-5-3-2-4-6-10/h5H,2-4,6-9H2,1H3. The predicted octanol–water partition coefficient (Wildman–Crippen LogP) is 2.57. The van der Waals surface area contributed by atoms with Crippen LogP contribution in [0.25, 0.3) is 0 Å². The molecule has 14 heavy (non-hydrogen) atoms. The van der Waals surface area contributed by atoms with Crippen molar-refractivity contribution in [3.05, 3.63) is 11.6 Å². The van der Waals surface area contributed by atoms with Gasteiger partial charge in [0.25, 0.3) is 0 Å². The van der Waals surface area contributed by atoms with E-state index in [1.165, 1.54) is 31.3 Å². The van der Waals surface area contributed by atoms with Gasteiger partial charge in [0.2, 0.25) is 5.91 Å². The van der Waals surface area contributed by atoms with Crippen molar-refractivity contribution in [1.29, 1.82) is 0 Å². The molecule has 0 saturated carbocycles. The van der Waals surface area contributed by atoms with Crippen LogP contribution in [0.4, 0.5) is 0 Å². The molecule has 2 nitrogen and oxygen atoms in total. The summed E-state index contributed by atoms with van der Waals surface area (Å²) in [6, 6.07) is 0. The van der Waals surface area contributed by atoms with E-state index in [1.807, 2.05) is 7.05 Å². The minimum Gasteiger partial charge on any atom is -0.344 e. The molecule has 0 atom stereocenters. The second-order valence-electron chi connectivity index (χ2n) is 3.81. The molecule has 1 aliphatic rings. The van der Waals surface area contributed by atoms with Gasteiger partial charge in [-0.15, -0.1) is 11.6 Å². The van der Waals surface area contributed by atoms with Gasteiger partial charge in [0.15, 0.2) is 0 Å². The van der Waals surface area contributed by atoms with Gasteiger partial charge in [0, 0.05) is 13.6 Å². The average Bonchev–Trinajstić information content (AvgIpc) is 2.26. The number of amides is 1. The number of carbonyl (C=O) groups excluding carboxylic acids is 1. The maximum atomic E-state index is 11.2. The Bertz CT molecular complexity index is 225. The lowest BCUT2D eigenvalue weighted by Gasteiger charge is -2.18. The van der Waals surface area contributed by atoms with Crippen molar-refractivity contribution in [2.45, 2.75) is 32.1 Å². The Morgan fingerprint density at radius 3 is 2.93 bits per heavy atom. The predicted molar refractivity (Wildman–Crippen MR) is 59.5 cm³/mol. The molecule has 3 heteroatoms. The van der Waals surface area contributed by atoms with E-state index in [0.717, 1.165) is 13.0 Å². The van der Waals surface area contributed by atoms with E-state index in [-0.39, 0.29) is 11.8 Å². The van der Waals surface area contributed by atoms with Crippen LogP contribution < -0.4 is 0 Å². The molecule has 0 spiro atoms. The zero-order valence-corrected chi connectivity index (χ0v) is 9.52. The molecule has 0 aliphatic heterocycles. The van der Waals surface area contributed by atoms with E-state index < -0.39 is 0 Å². The van der Waals surface area contributed by atoms with E-state index in [2.05, 4.69) is 6.08 Å². The van der Waals surface area contributed by atoms with Crippen LogP contribution in [-0.4, -0.2) is 30.3 Å². The topological polar surface area (TPSA) is 20.3 Å². The summed E-state index contributed by atoms with van der Waals surface area (Å²) in [6.45, 7) is 0.803. The fraction of sp³-hybridized carbons (Fsp3) is 0.727. The second kappa shape index (κ2) is 6.07. The number of hydrogen-bond acceptors (Lipinski definition) is 1. The van der Waals surface area contributed by atoms with Crippen molar-refractivity contribution in [2.24, 2.45) is 0 Å². The summed E-state index contributed by atoms with van der Waals surface area (Å²) in [5.74, 6) is 0.110. The molecule has 0 aromatic carbocycles. The number of hydrogen-bond donors (Lipinski definition) is 0. The van der Waals surface area contributed by atoms with Gasteiger partial charge in [-0.2, -0.15) is 0 Å². The number of carbonyl (C=O) groups is 1. The zero-order valence-electron chi connectivity index (χ0n) is 8.76. The van der Waals surface area contributed by atoms with Crippen molar-refractivity contribution in [3.63, 3.8) is 0 Å². The van der Waals surface area contributed by atoms with E-state index in [0.29, 0.717) is 0 Å². The maximum Gasteiger partial charge on any atom is 0.237 e.